The number of hydrogen-bond donors (Lipinski definition) is 2. The Balaban J connectivity index is 1.45. The predicted molar refractivity (Wildman–Crippen MR) is 120 cm³/mol. The van der Waals surface area contributed by atoms with Crippen LogP contribution >= 0.6 is 0 Å². The predicted octanol–water partition coefficient (Wildman–Crippen LogP) is 3.62. The van der Waals surface area contributed by atoms with Crippen molar-refractivity contribution in [2.24, 2.45) is 10.9 Å². The number of rotatable bonds is 9. The quantitative estimate of drug-likeness (QED) is 0.385. The third-order valence-corrected chi connectivity index (χ3v) is 5.05. The molecule has 0 radical (unpaired) electrons. The standard InChI is InChI=1S/C23H32N4O2/c1-24-23(26-20-8-6-11-22(16-20)29-15-7-14-28-2)25-17-19-12-13-27(18-19)21-9-4-3-5-10-21/h3-6,8-11,16,19H,7,12-15,17-18H2,1-2H3,(H2,24,25,26). The van der Waals surface area contributed by atoms with E-state index in [2.05, 4.69) is 50.9 Å². The van der Waals surface area contributed by atoms with Crippen LogP contribution in [-0.4, -0.2) is 53.0 Å². The van der Waals surface area contributed by atoms with E-state index in [-0.39, 0.29) is 0 Å². The van der Waals surface area contributed by atoms with Crippen LogP contribution in [0.3, 0.4) is 0 Å². The molecule has 2 aromatic rings. The lowest BCUT2D eigenvalue weighted by Crippen LogP contribution is -2.35. The molecule has 1 fully saturated rings. The summed E-state index contributed by atoms with van der Waals surface area (Å²) in [6.45, 7) is 4.42. The van der Waals surface area contributed by atoms with Crippen LogP contribution in [0.1, 0.15) is 12.8 Å². The zero-order valence-corrected chi connectivity index (χ0v) is 17.4. The Morgan fingerprint density at radius 2 is 2.00 bits per heavy atom. The molecule has 1 saturated heterocycles. The summed E-state index contributed by atoms with van der Waals surface area (Å²) >= 11 is 0. The van der Waals surface area contributed by atoms with Gasteiger partial charge in [-0.1, -0.05) is 24.3 Å². The maximum Gasteiger partial charge on any atom is 0.195 e. The van der Waals surface area contributed by atoms with Crippen LogP contribution in [0.4, 0.5) is 11.4 Å². The molecule has 1 atom stereocenters. The van der Waals surface area contributed by atoms with Crippen molar-refractivity contribution >= 4 is 17.3 Å². The highest BCUT2D eigenvalue weighted by atomic mass is 16.5. The van der Waals surface area contributed by atoms with E-state index in [1.807, 2.05) is 24.3 Å². The van der Waals surface area contributed by atoms with Crippen molar-refractivity contribution in [3.05, 3.63) is 54.6 Å². The molecule has 0 spiro atoms. The highest BCUT2D eigenvalue weighted by molar-refractivity contribution is 5.93. The number of nitrogens with zero attached hydrogens (tertiary/aromatic N) is 2. The second-order valence-electron chi connectivity index (χ2n) is 7.24. The normalized spacial score (nSPS) is 16.7. The molecule has 0 bridgehead atoms. The van der Waals surface area contributed by atoms with Crippen LogP contribution in [0.25, 0.3) is 0 Å². The first-order valence-electron chi connectivity index (χ1n) is 10.3. The average Bonchev–Trinajstić information content (AvgIpc) is 3.24. The van der Waals surface area contributed by atoms with E-state index in [1.165, 1.54) is 12.1 Å². The van der Waals surface area contributed by atoms with Crippen LogP contribution in [0, 0.1) is 5.92 Å². The van der Waals surface area contributed by atoms with Crippen LogP contribution in [0.2, 0.25) is 0 Å². The summed E-state index contributed by atoms with van der Waals surface area (Å²) in [5, 5.41) is 6.82. The highest BCUT2D eigenvalue weighted by Crippen LogP contribution is 2.23. The van der Waals surface area contributed by atoms with E-state index < -0.39 is 0 Å². The number of nitrogens with one attached hydrogen (secondary N) is 2. The Labute approximate surface area is 173 Å². The fraction of sp³-hybridized carbons (Fsp3) is 0.435. The van der Waals surface area contributed by atoms with Crippen molar-refractivity contribution in [1.82, 2.24) is 5.32 Å². The Morgan fingerprint density at radius 3 is 2.79 bits per heavy atom. The van der Waals surface area contributed by atoms with Crippen molar-refractivity contribution < 1.29 is 9.47 Å². The van der Waals surface area contributed by atoms with Gasteiger partial charge in [-0.2, -0.15) is 0 Å². The van der Waals surface area contributed by atoms with E-state index >= 15 is 0 Å². The van der Waals surface area contributed by atoms with E-state index in [0.29, 0.717) is 19.1 Å². The summed E-state index contributed by atoms with van der Waals surface area (Å²) in [5.41, 5.74) is 2.26. The largest absolute Gasteiger partial charge is 0.493 e. The van der Waals surface area contributed by atoms with Gasteiger partial charge in [0.15, 0.2) is 5.96 Å². The zero-order valence-electron chi connectivity index (χ0n) is 17.4. The Hall–Kier alpha value is -2.73. The lowest BCUT2D eigenvalue weighted by molar-refractivity contribution is 0.172. The lowest BCUT2D eigenvalue weighted by Gasteiger charge is -2.19. The highest BCUT2D eigenvalue weighted by Gasteiger charge is 2.22. The third kappa shape index (κ3) is 6.68. The molecular weight excluding hydrogens is 364 g/mol. The number of guanidine groups is 1. The van der Waals surface area contributed by atoms with Gasteiger partial charge < -0.3 is 25.0 Å². The number of aliphatic imine (C=N–C) groups is 1. The van der Waals surface area contributed by atoms with Crippen LogP contribution in [0.15, 0.2) is 59.6 Å². The van der Waals surface area contributed by atoms with E-state index in [9.17, 15) is 0 Å². The zero-order chi connectivity index (χ0) is 20.3. The maximum absolute atomic E-state index is 5.77. The minimum atomic E-state index is 0.601. The van der Waals surface area contributed by atoms with Gasteiger partial charge in [0, 0.05) is 64.3 Å². The average molecular weight is 397 g/mol. The Kier molecular flexibility index (Phi) is 8.19. The summed E-state index contributed by atoms with van der Waals surface area (Å²) < 4.78 is 10.8. The third-order valence-electron chi connectivity index (χ3n) is 5.05. The van der Waals surface area contributed by atoms with Gasteiger partial charge >= 0.3 is 0 Å². The van der Waals surface area contributed by atoms with Gasteiger partial charge in [0.1, 0.15) is 5.75 Å². The Bertz CT molecular complexity index is 766. The molecule has 6 nitrogen and oxygen atoms in total. The molecule has 1 aliphatic heterocycles. The smallest absolute Gasteiger partial charge is 0.195 e. The molecule has 0 amide bonds. The number of para-hydroxylation sites is 1. The van der Waals surface area contributed by atoms with Gasteiger partial charge in [0.2, 0.25) is 0 Å². The molecule has 1 aliphatic rings. The second kappa shape index (κ2) is 11.3. The first-order chi connectivity index (χ1) is 14.3. The van der Waals surface area contributed by atoms with Crippen LogP contribution in [0.5, 0.6) is 5.75 Å². The van der Waals surface area contributed by atoms with E-state index in [0.717, 1.165) is 43.5 Å². The topological polar surface area (TPSA) is 58.1 Å². The van der Waals surface area contributed by atoms with Crippen molar-refractivity contribution in [2.45, 2.75) is 12.8 Å². The minimum absolute atomic E-state index is 0.601. The molecule has 1 unspecified atom stereocenters. The SMILES string of the molecule is CN=C(NCC1CCN(c2ccccc2)C1)Nc1cccc(OCCCOC)c1. The maximum atomic E-state index is 5.77. The molecule has 1 heterocycles. The van der Waals surface area contributed by atoms with E-state index in [1.54, 1.807) is 14.2 Å². The van der Waals surface area contributed by atoms with Crippen molar-refractivity contribution in [3.8, 4) is 5.75 Å². The lowest BCUT2D eigenvalue weighted by atomic mass is 10.1. The van der Waals surface area contributed by atoms with Gasteiger partial charge in [-0.15, -0.1) is 0 Å². The number of hydrogen-bond acceptors (Lipinski definition) is 4. The summed E-state index contributed by atoms with van der Waals surface area (Å²) in [6.07, 6.45) is 2.06. The van der Waals surface area contributed by atoms with E-state index in [4.69, 9.17) is 9.47 Å². The number of methoxy groups -OCH3 is 1. The summed E-state index contributed by atoms with van der Waals surface area (Å²) in [7, 11) is 3.50. The first kappa shape index (κ1) is 21.0. The molecule has 0 aliphatic carbocycles. The van der Waals surface area contributed by atoms with Crippen molar-refractivity contribution in [2.75, 3.05) is 57.2 Å². The van der Waals surface area contributed by atoms with Crippen LogP contribution < -0.4 is 20.3 Å². The number of ether oxygens (including phenoxy) is 2. The van der Waals surface area contributed by atoms with Gasteiger partial charge in [-0.05, 0) is 36.6 Å². The molecule has 2 N–H and O–H groups in total. The second-order valence-corrected chi connectivity index (χ2v) is 7.24. The molecule has 2 aromatic carbocycles. The van der Waals surface area contributed by atoms with Gasteiger partial charge in [-0.3, -0.25) is 4.99 Å². The summed E-state index contributed by atoms with van der Waals surface area (Å²) in [6, 6.07) is 18.6. The molecule has 156 valence electrons. The molecule has 0 aromatic heterocycles. The summed E-state index contributed by atoms with van der Waals surface area (Å²) in [5.74, 6) is 2.22. The fourth-order valence-corrected chi connectivity index (χ4v) is 3.49. The number of anilines is 2. The molecule has 3 rings (SSSR count). The molecule has 6 heteroatoms. The molecule has 29 heavy (non-hydrogen) atoms. The molecule has 0 saturated carbocycles. The Morgan fingerprint density at radius 1 is 1.14 bits per heavy atom. The summed E-state index contributed by atoms with van der Waals surface area (Å²) in [4.78, 5) is 6.81. The number of benzene rings is 2. The van der Waals surface area contributed by atoms with Crippen molar-refractivity contribution in [1.29, 1.82) is 0 Å². The minimum Gasteiger partial charge on any atom is -0.493 e. The van der Waals surface area contributed by atoms with Crippen molar-refractivity contribution in [3.63, 3.8) is 0 Å². The molecular formula is C23H32N4O2. The monoisotopic (exact) mass is 396 g/mol. The fourth-order valence-electron chi connectivity index (χ4n) is 3.49. The van der Waals surface area contributed by atoms with Gasteiger partial charge in [-0.25, -0.2) is 0 Å². The van der Waals surface area contributed by atoms with Crippen LogP contribution in [-0.2, 0) is 4.74 Å². The van der Waals surface area contributed by atoms with Gasteiger partial charge in [0.05, 0.1) is 6.61 Å². The first-order valence-corrected chi connectivity index (χ1v) is 10.3. The van der Waals surface area contributed by atoms with Gasteiger partial charge in [0.25, 0.3) is 0 Å².